The van der Waals surface area contributed by atoms with Gasteiger partial charge in [-0.3, -0.25) is 9.59 Å². The average Bonchev–Trinajstić information content (AvgIpc) is 2.60. The fourth-order valence-electron chi connectivity index (χ4n) is 3.10. The van der Waals surface area contributed by atoms with E-state index in [4.69, 9.17) is 4.74 Å². The van der Waals surface area contributed by atoms with Gasteiger partial charge in [-0.25, -0.2) is 0 Å². The van der Waals surface area contributed by atoms with Gasteiger partial charge in [-0.2, -0.15) is 0 Å². The van der Waals surface area contributed by atoms with E-state index in [9.17, 15) is 19.8 Å². The first kappa shape index (κ1) is 23.0. The molecule has 0 aliphatic heterocycles. The van der Waals surface area contributed by atoms with Crippen LogP contribution in [0, 0.1) is 0 Å². The molecule has 0 atom stereocenters. The molecule has 0 aliphatic carbocycles. The van der Waals surface area contributed by atoms with Crippen molar-refractivity contribution in [1.29, 1.82) is 0 Å². The summed E-state index contributed by atoms with van der Waals surface area (Å²) >= 11 is 0. The van der Waals surface area contributed by atoms with Gasteiger partial charge in [0.2, 0.25) is 0 Å². The molecular weight excluding hydrogens is 344 g/mol. The van der Waals surface area contributed by atoms with Gasteiger partial charge in [0.05, 0.1) is 17.4 Å². The van der Waals surface area contributed by atoms with Crippen LogP contribution in [0.15, 0.2) is 18.2 Å². The van der Waals surface area contributed by atoms with Gasteiger partial charge in [0.15, 0.2) is 0 Å². The molecule has 0 saturated carbocycles. The van der Waals surface area contributed by atoms with Gasteiger partial charge in [0.25, 0.3) is 0 Å². The second-order valence-corrected chi connectivity index (χ2v) is 8.16. The number of carboxylic acid groups (broad SMARTS) is 2. The number of benzene rings is 1. The molecule has 1 aromatic rings. The normalized spacial score (nSPS) is 12.0. The summed E-state index contributed by atoms with van der Waals surface area (Å²) in [4.78, 5) is 23.7. The zero-order valence-corrected chi connectivity index (χ0v) is 17.3. The maximum Gasteiger partial charge on any atom is 0.313 e. The third-order valence-electron chi connectivity index (χ3n) is 5.15. The number of carbonyl (C=O) groups is 2. The lowest BCUT2D eigenvalue weighted by Crippen LogP contribution is -2.36. The Morgan fingerprint density at radius 2 is 1.44 bits per heavy atom. The maximum atomic E-state index is 11.9. The number of aliphatic carboxylic acids is 2. The third kappa shape index (κ3) is 5.72. The quantitative estimate of drug-likeness (QED) is 0.491. The SMILES string of the molecule is CCCCCCCCOc1cccc(C(C)(C)C(=O)O)c1C(C)(C)C(=O)O. The van der Waals surface area contributed by atoms with Gasteiger partial charge in [0, 0.05) is 5.56 Å². The Morgan fingerprint density at radius 1 is 0.889 bits per heavy atom. The number of ether oxygens (including phenoxy) is 1. The molecule has 2 N–H and O–H groups in total. The van der Waals surface area contributed by atoms with Crippen molar-refractivity contribution in [3.8, 4) is 5.75 Å². The molecule has 0 spiro atoms. The van der Waals surface area contributed by atoms with Crippen molar-refractivity contribution < 1.29 is 24.5 Å². The van der Waals surface area contributed by atoms with E-state index >= 15 is 0 Å². The molecule has 0 aliphatic rings. The van der Waals surface area contributed by atoms with E-state index in [-0.39, 0.29) is 0 Å². The monoisotopic (exact) mass is 378 g/mol. The molecule has 0 amide bonds. The Balaban J connectivity index is 3.11. The number of hydrogen-bond donors (Lipinski definition) is 2. The van der Waals surface area contributed by atoms with Crippen molar-refractivity contribution in [2.24, 2.45) is 0 Å². The molecule has 0 saturated heterocycles. The summed E-state index contributed by atoms with van der Waals surface area (Å²) < 4.78 is 5.94. The predicted octanol–water partition coefficient (Wildman–Crippen LogP) is 5.15. The van der Waals surface area contributed by atoms with E-state index in [2.05, 4.69) is 6.92 Å². The highest BCUT2D eigenvalue weighted by molar-refractivity contribution is 5.86. The van der Waals surface area contributed by atoms with Gasteiger partial charge >= 0.3 is 11.9 Å². The largest absolute Gasteiger partial charge is 0.493 e. The molecule has 0 bridgehead atoms. The van der Waals surface area contributed by atoms with E-state index in [1.54, 1.807) is 45.9 Å². The summed E-state index contributed by atoms with van der Waals surface area (Å²) in [5.41, 5.74) is -1.57. The van der Waals surface area contributed by atoms with Gasteiger partial charge < -0.3 is 14.9 Å². The standard InChI is InChI=1S/C22H34O5/c1-6-7-8-9-10-11-15-27-17-14-12-13-16(21(2,3)19(23)24)18(17)22(4,5)20(25)26/h12-14H,6-11,15H2,1-5H3,(H,23,24)(H,25,26). The van der Waals surface area contributed by atoms with E-state index in [0.717, 1.165) is 19.3 Å². The predicted molar refractivity (Wildman–Crippen MR) is 107 cm³/mol. The van der Waals surface area contributed by atoms with E-state index in [0.29, 0.717) is 23.5 Å². The minimum Gasteiger partial charge on any atom is -0.493 e. The number of rotatable bonds is 12. The van der Waals surface area contributed by atoms with Crippen molar-refractivity contribution in [2.45, 2.75) is 84.0 Å². The second-order valence-electron chi connectivity index (χ2n) is 8.16. The van der Waals surface area contributed by atoms with E-state index in [1.807, 2.05) is 0 Å². The first-order valence-electron chi connectivity index (χ1n) is 9.80. The van der Waals surface area contributed by atoms with Crippen LogP contribution in [0.25, 0.3) is 0 Å². The first-order chi connectivity index (χ1) is 12.6. The molecule has 0 aromatic heterocycles. The summed E-state index contributed by atoms with van der Waals surface area (Å²) in [7, 11) is 0. The van der Waals surface area contributed by atoms with Gasteiger partial charge in [-0.1, -0.05) is 51.2 Å². The Labute approximate surface area is 162 Å². The Morgan fingerprint density at radius 3 is 2.00 bits per heavy atom. The summed E-state index contributed by atoms with van der Waals surface area (Å²) in [5.74, 6) is -1.55. The molecular formula is C22H34O5. The zero-order valence-electron chi connectivity index (χ0n) is 17.3. The Hall–Kier alpha value is -2.04. The zero-order chi connectivity index (χ0) is 20.7. The molecule has 0 radical (unpaired) electrons. The lowest BCUT2D eigenvalue weighted by Gasteiger charge is -2.31. The highest BCUT2D eigenvalue weighted by Crippen LogP contribution is 2.40. The number of carboxylic acids is 2. The summed E-state index contributed by atoms with van der Waals surface area (Å²) in [5, 5.41) is 19.4. The molecule has 5 heteroatoms. The molecule has 152 valence electrons. The summed E-state index contributed by atoms with van der Waals surface area (Å²) in [6, 6.07) is 5.16. The Kier molecular flexibility index (Phi) is 8.32. The van der Waals surface area contributed by atoms with Crippen molar-refractivity contribution in [3.05, 3.63) is 29.3 Å². The number of hydrogen-bond acceptors (Lipinski definition) is 3. The maximum absolute atomic E-state index is 11.9. The highest BCUT2D eigenvalue weighted by atomic mass is 16.5. The van der Waals surface area contributed by atoms with Crippen molar-refractivity contribution in [2.75, 3.05) is 6.61 Å². The van der Waals surface area contributed by atoms with Gasteiger partial charge in [-0.15, -0.1) is 0 Å². The molecule has 1 rings (SSSR count). The third-order valence-corrected chi connectivity index (χ3v) is 5.15. The van der Waals surface area contributed by atoms with E-state index in [1.165, 1.54) is 19.3 Å². The first-order valence-corrected chi connectivity index (χ1v) is 9.80. The fourth-order valence-corrected chi connectivity index (χ4v) is 3.10. The van der Waals surface area contributed by atoms with Crippen LogP contribution in [0.1, 0.15) is 84.3 Å². The van der Waals surface area contributed by atoms with Crippen molar-refractivity contribution >= 4 is 11.9 Å². The van der Waals surface area contributed by atoms with Crippen LogP contribution in [-0.4, -0.2) is 28.8 Å². The van der Waals surface area contributed by atoms with Crippen LogP contribution >= 0.6 is 0 Å². The van der Waals surface area contributed by atoms with E-state index < -0.39 is 22.8 Å². The lowest BCUT2D eigenvalue weighted by molar-refractivity contribution is -0.144. The molecule has 1 aromatic carbocycles. The molecule has 5 nitrogen and oxygen atoms in total. The minimum atomic E-state index is -1.26. The van der Waals surface area contributed by atoms with Crippen LogP contribution in [0.2, 0.25) is 0 Å². The van der Waals surface area contributed by atoms with Crippen LogP contribution < -0.4 is 4.74 Å². The van der Waals surface area contributed by atoms with Crippen LogP contribution in [0.4, 0.5) is 0 Å². The smallest absolute Gasteiger partial charge is 0.313 e. The van der Waals surface area contributed by atoms with Crippen LogP contribution in [0.5, 0.6) is 5.75 Å². The Bertz CT molecular complexity index is 646. The minimum absolute atomic E-state index is 0.441. The van der Waals surface area contributed by atoms with Crippen LogP contribution in [-0.2, 0) is 20.4 Å². The summed E-state index contributed by atoms with van der Waals surface area (Å²) in [6.45, 7) is 9.02. The lowest BCUT2D eigenvalue weighted by atomic mass is 9.73. The molecule has 0 heterocycles. The second kappa shape index (κ2) is 9.77. The topological polar surface area (TPSA) is 83.8 Å². The number of unbranched alkanes of at least 4 members (excludes halogenated alkanes) is 5. The van der Waals surface area contributed by atoms with Crippen LogP contribution in [0.3, 0.4) is 0 Å². The highest BCUT2D eigenvalue weighted by Gasteiger charge is 2.41. The molecule has 27 heavy (non-hydrogen) atoms. The summed E-state index contributed by atoms with van der Waals surface area (Å²) in [6.07, 6.45) is 6.79. The molecule has 0 fully saturated rings. The van der Waals surface area contributed by atoms with Crippen molar-refractivity contribution in [1.82, 2.24) is 0 Å². The molecule has 0 unspecified atom stereocenters. The van der Waals surface area contributed by atoms with Gasteiger partial charge in [0.1, 0.15) is 5.75 Å². The van der Waals surface area contributed by atoms with Gasteiger partial charge in [-0.05, 0) is 45.7 Å². The average molecular weight is 379 g/mol. The fraction of sp³-hybridized carbons (Fsp3) is 0.636. The van der Waals surface area contributed by atoms with Crippen molar-refractivity contribution in [3.63, 3.8) is 0 Å².